The highest BCUT2D eigenvalue weighted by Gasteiger charge is 2.49. The van der Waals surface area contributed by atoms with E-state index in [2.05, 4.69) is 11.1 Å². The molecular weight excluding hydrogens is 426 g/mol. The third kappa shape index (κ3) is 5.93. The van der Waals surface area contributed by atoms with Gasteiger partial charge in [0, 0.05) is 6.07 Å². The number of hydrogen-bond acceptors (Lipinski definition) is 8. The number of imide groups is 1. The number of carbonyl (C=O) groups is 2. The number of nitriles is 1. The number of aromatic nitrogens is 1. The van der Waals surface area contributed by atoms with Crippen LogP contribution in [0.4, 0.5) is 15.4 Å². The normalized spacial score (nSPS) is 24.5. The molecule has 1 heterocycles. The summed E-state index contributed by atoms with van der Waals surface area (Å²) >= 11 is 0. The van der Waals surface area contributed by atoms with Crippen LogP contribution in [0, 0.1) is 11.3 Å². The van der Waals surface area contributed by atoms with Crippen molar-refractivity contribution in [1.82, 2.24) is 4.98 Å². The van der Waals surface area contributed by atoms with Gasteiger partial charge < -0.3 is 19.3 Å². The fourth-order valence-corrected chi connectivity index (χ4v) is 4.11. The van der Waals surface area contributed by atoms with E-state index in [1.165, 1.54) is 12.3 Å². The minimum absolute atomic E-state index is 0.0629. The minimum atomic E-state index is -0.946. The molecule has 1 aromatic heterocycles. The van der Waals surface area contributed by atoms with E-state index in [4.69, 9.17) is 14.2 Å². The Bertz CT molecular complexity index is 917. The number of aliphatic hydroxyl groups is 1. The predicted octanol–water partition coefficient (Wildman–Crippen LogP) is 4.85. The number of nitrogens with zero attached hydrogens (tertiary/aromatic N) is 3. The maximum atomic E-state index is 12.9. The molecule has 2 bridgehead atoms. The Balaban J connectivity index is 1.96. The number of pyridine rings is 1. The molecule has 3 fully saturated rings. The zero-order valence-corrected chi connectivity index (χ0v) is 20.2. The third-order valence-corrected chi connectivity index (χ3v) is 5.82. The van der Waals surface area contributed by atoms with E-state index < -0.39 is 34.6 Å². The zero-order chi connectivity index (χ0) is 24.7. The first-order valence-corrected chi connectivity index (χ1v) is 11.2. The number of carbonyl (C=O) groups excluding carboxylic acids is 2. The largest absolute Gasteiger partial charge is 0.486 e. The van der Waals surface area contributed by atoms with E-state index in [9.17, 15) is 20.0 Å². The molecule has 3 aliphatic carbocycles. The van der Waals surface area contributed by atoms with Gasteiger partial charge in [0.2, 0.25) is 0 Å². The van der Waals surface area contributed by atoms with Crippen molar-refractivity contribution in [1.29, 1.82) is 5.26 Å². The van der Waals surface area contributed by atoms with Gasteiger partial charge in [0.1, 0.15) is 34.2 Å². The molecule has 0 radical (unpaired) electrons. The lowest BCUT2D eigenvalue weighted by molar-refractivity contribution is -0.125. The first-order valence-electron chi connectivity index (χ1n) is 11.2. The summed E-state index contributed by atoms with van der Waals surface area (Å²) in [6.45, 7) is 10.1. The molecule has 2 amide bonds. The van der Waals surface area contributed by atoms with Gasteiger partial charge in [-0.25, -0.2) is 14.6 Å². The number of anilines is 1. The Morgan fingerprint density at radius 2 is 1.48 bits per heavy atom. The molecule has 180 valence electrons. The van der Waals surface area contributed by atoms with Crippen LogP contribution in [-0.2, 0) is 9.47 Å². The molecule has 9 heteroatoms. The topological polar surface area (TPSA) is 122 Å². The van der Waals surface area contributed by atoms with Crippen LogP contribution in [0.3, 0.4) is 0 Å². The Labute approximate surface area is 194 Å². The number of ether oxygens (including phenoxy) is 3. The fraction of sp³-hybridized carbons (Fsp3) is 0.667. The van der Waals surface area contributed by atoms with Crippen LogP contribution in [-0.4, -0.2) is 44.7 Å². The monoisotopic (exact) mass is 459 g/mol. The molecule has 3 aliphatic rings. The fourth-order valence-electron chi connectivity index (χ4n) is 4.11. The predicted molar refractivity (Wildman–Crippen MR) is 120 cm³/mol. The standard InChI is InChI=1S/C24H33N3O6/c1-21(2,3)32-19(28)27(20(29)33-22(4,5)6)18-13-17(16(14-25)15-26-18)31-24-10-7-23(30,8-11-24)9-12-24/h13,15,30H,7-12H2,1-6H3. The summed E-state index contributed by atoms with van der Waals surface area (Å²) in [6.07, 6.45) is 3.26. The lowest BCUT2D eigenvalue weighted by Crippen LogP contribution is -2.52. The van der Waals surface area contributed by atoms with E-state index in [0.29, 0.717) is 43.4 Å². The molecular formula is C24H33N3O6. The van der Waals surface area contributed by atoms with Gasteiger partial charge in [0.05, 0.1) is 11.8 Å². The highest BCUT2D eigenvalue weighted by atomic mass is 16.6. The van der Waals surface area contributed by atoms with Gasteiger partial charge in [-0.3, -0.25) is 0 Å². The van der Waals surface area contributed by atoms with Crippen molar-refractivity contribution < 1.29 is 28.9 Å². The van der Waals surface area contributed by atoms with Gasteiger partial charge in [0.25, 0.3) is 0 Å². The Hall–Kier alpha value is -2.86. The number of hydrogen-bond donors (Lipinski definition) is 1. The summed E-state index contributed by atoms with van der Waals surface area (Å²) in [4.78, 5) is 30.7. The summed E-state index contributed by atoms with van der Waals surface area (Å²) < 4.78 is 17.2. The number of amides is 2. The van der Waals surface area contributed by atoms with Crippen molar-refractivity contribution in [2.45, 2.75) is 102 Å². The Kier molecular flexibility index (Phi) is 6.37. The molecule has 33 heavy (non-hydrogen) atoms. The first kappa shape index (κ1) is 24.8. The van der Waals surface area contributed by atoms with Crippen molar-refractivity contribution in [2.24, 2.45) is 0 Å². The summed E-state index contributed by atoms with van der Waals surface area (Å²) in [7, 11) is 0. The molecule has 0 saturated heterocycles. The molecule has 1 aromatic rings. The van der Waals surface area contributed by atoms with E-state index in [1.807, 2.05) is 0 Å². The molecule has 0 aliphatic heterocycles. The van der Waals surface area contributed by atoms with E-state index in [1.54, 1.807) is 41.5 Å². The Morgan fingerprint density at radius 3 is 1.91 bits per heavy atom. The second-order valence-electron chi connectivity index (χ2n) is 11.0. The van der Waals surface area contributed by atoms with Crippen LogP contribution in [0.1, 0.15) is 85.6 Å². The SMILES string of the molecule is CC(C)(C)OC(=O)N(C(=O)OC(C)(C)C)c1cc(OC23CCC(O)(CC2)CC3)c(C#N)cn1. The molecule has 9 nitrogen and oxygen atoms in total. The second kappa shape index (κ2) is 8.49. The molecule has 0 spiro atoms. The molecule has 0 unspecified atom stereocenters. The number of fused-ring (bicyclic) bond motifs is 3. The highest BCUT2D eigenvalue weighted by Crippen LogP contribution is 2.49. The average molecular weight is 460 g/mol. The molecule has 4 rings (SSSR count). The maximum absolute atomic E-state index is 12.9. The zero-order valence-electron chi connectivity index (χ0n) is 20.2. The minimum Gasteiger partial charge on any atom is -0.486 e. The van der Waals surface area contributed by atoms with E-state index >= 15 is 0 Å². The van der Waals surface area contributed by atoms with Gasteiger partial charge in [-0.05, 0) is 80.1 Å². The van der Waals surface area contributed by atoms with Crippen molar-refractivity contribution >= 4 is 18.0 Å². The van der Waals surface area contributed by atoms with Crippen molar-refractivity contribution in [3.8, 4) is 11.8 Å². The van der Waals surface area contributed by atoms with Crippen LogP contribution >= 0.6 is 0 Å². The van der Waals surface area contributed by atoms with Crippen molar-refractivity contribution in [3.63, 3.8) is 0 Å². The van der Waals surface area contributed by atoms with Crippen LogP contribution in [0.5, 0.6) is 5.75 Å². The summed E-state index contributed by atoms with van der Waals surface area (Å²) in [6, 6.07) is 3.46. The molecule has 0 aromatic carbocycles. The van der Waals surface area contributed by atoms with Crippen molar-refractivity contribution in [3.05, 3.63) is 17.8 Å². The molecule has 3 saturated carbocycles. The van der Waals surface area contributed by atoms with Crippen LogP contribution in [0.25, 0.3) is 0 Å². The first-order chi connectivity index (χ1) is 15.1. The summed E-state index contributed by atoms with van der Waals surface area (Å²) in [5, 5.41) is 20.1. The lowest BCUT2D eigenvalue weighted by atomic mass is 9.65. The van der Waals surface area contributed by atoms with Gasteiger partial charge in [-0.1, -0.05) is 0 Å². The van der Waals surface area contributed by atoms with Gasteiger partial charge in [0.15, 0.2) is 5.82 Å². The lowest BCUT2D eigenvalue weighted by Gasteiger charge is -2.50. The Morgan fingerprint density at radius 1 is 1.00 bits per heavy atom. The van der Waals surface area contributed by atoms with Gasteiger partial charge in [-0.2, -0.15) is 10.2 Å². The van der Waals surface area contributed by atoms with Crippen LogP contribution in [0.15, 0.2) is 12.3 Å². The van der Waals surface area contributed by atoms with Gasteiger partial charge >= 0.3 is 12.2 Å². The highest BCUT2D eigenvalue weighted by molar-refractivity contribution is 6.08. The van der Waals surface area contributed by atoms with Crippen molar-refractivity contribution in [2.75, 3.05) is 4.90 Å². The third-order valence-electron chi connectivity index (χ3n) is 5.82. The summed E-state index contributed by atoms with van der Waals surface area (Å²) in [5.41, 5.74) is -2.66. The summed E-state index contributed by atoms with van der Waals surface area (Å²) in [5.74, 6) is 0.166. The van der Waals surface area contributed by atoms with E-state index in [0.717, 1.165) is 0 Å². The maximum Gasteiger partial charge on any atom is 0.425 e. The number of rotatable bonds is 3. The second-order valence-corrected chi connectivity index (χ2v) is 11.0. The van der Waals surface area contributed by atoms with Crippen LogP contribution < -0.4 is 9.64 Å². The van der Waals surface area contributed by atoms with Crippen LogP contribution in [0.2, 0.25) is 0 Å². The smallest absolute Gasteiger partial charge is 0.425 e. The van der Waals surface area contributed by atoms with Gasteiger partial charge in [-0.15, -0.1) is 0 Å². The molecule has 1 N–H and O–H groups in total. The average Bonchev–Trinajstić information content (AvgIpc) is 2.67. The quantitative estimate of drug-likeness (QED) is 0.681. The van der Waals surface area contributed by atoms with E-state index in [-0.39, 0.29) is 17.1 Å². The molecule has 0 atom stereocenters.